The number of nitrogens with zero attached hydrogens (tertiary/aromatic N) is 2. The molecule has 0 unspecified atom stereocenters. The summed E-state index contributed by atoms with van der Waals surface area (Å²) in [5.41, 5.74) is 1.19. The van der Waals surface area contributed by atoms with E-state index < -0.39 is 0 Å². The first-order valence-electron chi connectivity index (χ1n) is 6.00. The molecule has 2 rings (SSSR count). The summed E-state index contributed by atoms with van der Waals surface area (Å²) in [6.45, 7) is 2.62. The second-order valence-corrected chi connectivity index (χ2v) is 5.06. The minimum Gasteiger partial charge on any atom is -0.378 e. The van der Waals surface area contributed by atoms with Crippen LogP contribution in [0.15, 0.2) is 22.7 Å². The fourth-order valence-corrected chi connectivity index (χ4v) is 2.22. The lowest BCUT2D eigenvalue weighted by molar-refractivity contribution is -0.133. The summed E-state index contributed by atoms with van der Waals surface area (Å²) in [4.78, 5) is 13.7. The van der Waals surface area contributed by atoms with Crippen LogP contribution in [0.5, 0.6) is 0 Å². The molecule has 1 heterocycles. The van der Waals surface area contributed by atoms with Crippen LogP contribution < -0.4 is 5.32 Å². The minimum absolute atomic E-state index is 0.0205. The molecule has 0 atom stereocenters. The van der Waals surface area contributed by atoms with Gasteiger partial charge in [-0.25, -0.2) is 0 Å². The zero-order valence-electron chi connectivity index (χ0n) is 10.4. The Labute approximate surface area is 120 Å². The van der Waals surface area contributed by atoms with Crippen LogP contribution in [0.2, 0.25) is 0 Å². The van der Waals surface area contributed by atoms with E-state index in [9.17, 15) is 4.79 Å². The number of nitriles is 1. The molecule has 1 aromatic carbocycles. The van der Waals surface area contributed by atoms with Crippen LogP contribution in [0, 0.1) is 11.3 Å². The topological polar surface area (TPSA) is 65.4 Å². The first-order chi connectivity index (χ1) is 9.20. The second-order valence-electron chi connectivity index (χ2n) is 4.15. The largest absolute Gasteiger partial charge is 0.378 e. The number of rotatable bonds is 3. The molecule has 1 aliphatic rings. The van der Waals surface area contributed by atoms with Gasteiger partial charge in [0, 0.05) is 17.6 Å². The summed E-state index contributed by atoms with van der Waals surface area (Å²) >= 11 is 3.35. The van der Waals surface area contributed by atoms with Gasteiger partial charge in [-0.3, -0.25) is 4.79 Å². The van der Waals surface area contributed by atoms with E-state index in [2.05, 4.69) is 27.3 Å². The van der Waals surface area contributed by atoms with Crippen molar-refractivity contribution < 1.29 is 9.53 Å². The van der Waals surface area contributed by atoms with Gasteiger partial charge in [0.15, 0.2) is 0 Å². The quantitative estimate of drug-likeness (QED) is 0.917. The number of nitrogens with one attached hydrogen (secondary N) is 1. The number of ether oxygens (including phenoxy) is 1. The molecule has 0 radical (unpaired) electrons. The van der Waals surface area contributed by atoms with E-state index in [0.29, 0.717) is 37.6 Å². The van der Waals surface area contributed by atoms with Crippen molar-refractivity contribution in [3.05, 3.63) is 28.2 Å². The SMILES string of the molecule is N#Cc1ccc(Br)cc1NCC(=O)N1CCOCC1. The molecule has 0 saturated carbocycles. The van der Waals surface area contributed by atoms with Gasteiger partial charge in [-0.15, -0.1) is 0 Å². The Hall–Kier alpha value is -1.58. The number of hydrogen-bond donors (Lipinski definition) is 1. The van der Waals surface area contributed by atoms with Gasteiger partial charge in [0.25, 0.3) is 0 Å². The fraction of sp³-hybridized carbons (Fsp3) is 0.385. The standard InChI is InChI=1S/C13H14BrN3O2/c14-11-2-1-10(8-15)12(7-11)16-9-13(18)17-3-5-19-6-4-17/h1-2,7,16H,3-6,9H2. The molecule has 6 heteroatoms. The normalized spacial score (nSPS) is 14.8. The van der Waals surface area contributed by atoms with Crippen LogP contribution in [-0.4, -0.2) is 43.7 Å². The minimum atomic E-state index is 0.0205. The van der Waals surface area contributed by atoms with Crippen LogP contribution >= 0.6 is 15.9 Å². The zero-order chi connectivity index (χ0) is 13.7. The molecule has 0 bridgehead atoms. The maximum atomic E-state index is 12.0. The van der Waals surface area contributed by atoms with Gasteiger partial charge >= 0.3 is 0 Å². The van der Waals surface area contributed by atoms with Gasteiger partial charge in [-0.2, -0.15) is 5.26 Å². The maximum Gasteiger partial charge on any atom is 0.242 e. The van der Waals surface area contributed by atoms with E-state index >= 15 is 0 Å². The lowest BCUT2D eigenvalue weighted by atomic mass is 10.2. The molecule has 0 aliphatic carbocycles. The Bertz CT molecular complexity index is 507. The summed E-state index contributed by atoms with van der Waals surface area (Å²) in [5, 5.41) is 12.0. The monoisotopic (exact) mass is 323 g/mol. The summed E-state index contributed by atoms with van der Waals surface area (Å²) in [7, 11) is 0. The number of amides is 1. The van der Waals surface area contributed by atoms with Crippen molar-refractivity contribution in [3.8, 4) is 6.07 Å². The molecule has 100 valence electrons. The molecule has 1 saturated heterocycles. The van der Waals surface area contributed by atoms with E-state index in [0.717, 1.165) is 4.47 Å². The highest BCUT2D eigenvalue weighted by Gasteiger charge is 2.16. The van der Waals surface area contributed by atoms with Crippen LogP contribution in [0.25, 0.3) is 0 Å². The molecule has 0 aromatic heterocycles. The van der Waals surface area contributed by atoms with Crippen molar-refractivity contribution in [3.63, 3.8) is 0 Å². The first-order valence-corrected chi connectivity index (χ1v) is 6.79. The number of morpholine rings is 1. The highest BCUT2D eigenvalue weighted by Crippen LogP contribution is 2.20. The molecule has 1 N–H and O–H groups in total. The number of hydrogen-bond acceptors (Lipinski definition) is 4. The Kier molecular flexibility index (Phi) is 4.77. The van der Waals surface area contributed by atoms with Gasteiger partial charge < -0.3 is 15.0 Å². The molecular weight excluding hydrogens is 310 g/mol. The van der Waals surface area contributed by atoms with E-state index in [1.165, 1.54) is 0 Å². The number of halogens is 1. The number of benzene rings is 1. The average Bonchev–Trinajstić information content (AvgIpc) is 2.46. The van der Waals surface area contributed by atoms with Gasteiger partial charge in [-0.1, -0.05) is 15.9 Å². The highest BCUT2D eigenvalue weighted by atomic mass is 79.9. The average molecular weight is 324 g/mol. The molecule has 1 fully saturated rings. The lowest BCUT2D eigenvalue weighted by Gasteiger charge is -2.27. The van der Waals surface area contributed by atoms with Crippen molar-refractivity contribution in [2.75, 3.05) is 38.2 Å². The van der Waals surface area contributed by atoms with Crippen molar-refractivity contribution in [1.82, 2.24) is 4.90 Å². The molecule has 19 heavy (non-hydrogen) atoms. The number of carbonyl (C=O) groups is 1. The second kappa shape index (κ2) is 6.55. The Morgan fingerprint density at radius 3 is 2.89 bits per heavy atom. The smallest absolute Gasteiger partial charge is 0.242 e. The van der Waals surface area contributed by atoms with Crippen molar-refractivity contribution in [2.24, 2.45) is 0 Å². The molecule has 0 spiro atoms. The third-order valence-corrected chi connectivity index (χ3v) is 3.39. The molecule has 5 nitrogen and oxygen atoms in total. The number of anilines is 1. The summed E-state index contributed by atoms with van der Waals surface area (Å²) in [6, 6.07) is 7.41. The summed E-state index contributed by atoms with van der Waals surface area (Å²) in [5.74, 6) is 0.0205. The van der Waals surface area contributed by atoms with Crippen LogP contribution in [0.3, 0.4) is 0 Å². The highest BCUT2D eigenvalue weighted by molar-refractivity contribution is 9.10. The van der Waals surface area contributed by atoms with Crippen LogP contribution in [-0.2, 0) is 9.53 Å². The number of carbonyl (C=O) groups excluding carboxylic acids is 1. The first kappa shape index (κ1) is 13.8. The van der Waals surface area contributed by atoms with Crippen LogP contribution in [0.1, 0.15) is 5.56 Å². The predicted molar refractivity (Wildman–Crippen MR) is 74.7 cm³/mol. The maximum absolute atomic E-state index is 12.0. The van der Waals surface area contributed by atoms with Crippen molar-refractivity contribution in [2.45, 2.75) is 0 Å². The van der Waals surface area contributed by atoms with Gasteiger partial charge in [-0.05, 0) is 18.2 Å². The van der Waals surface area contributed by atoms with Gasteiger partial charge in [0.2, 0.25) is 5.91 Å². The van der Waals surface area contributed by atoms with E-state index in [4.69, 9.17) is 10.00 Å². The van der Waals surface area contributed by atoms with Gasteiger partial charge in [0.1, 0.15) is 6.07 Å². The van der Waals surface area contributed by atoms with Gasteiger partial charge in [0.05, 0.1) is 31.0 Å². The fourth-order valence-electron chi connectivity index (χ4n) is 1.86. The lowest BCUT2D eigenvalue weighted by Crippen LogP contribution is -2.43. The molecular formula is C13H14BrN3O2. The molecule has 1 aromatic rings. The third-order valence-electron chi connectivity index (χ3n) is 2.90. The predicted octanol–water partition coefficient (Wildman–Crippen LogP) is 1.59. The Morgan fingerprint density at radius 2 is 2.21 bits per heavy atom. The van der Waals surface area contributed by atoms with Crippen molar-refractivity contribution in [1.29, 1.82) is 5.26 Å². The zero-order valence-corrected chi connectivity index (χ0v) is 11.9. The Morgan fingerprint density at radius 1 is 1.47 bits per heavy atom. The molecule has 1 aliphatic heterocycles. The van der Waals surface area contributed by atoms with E-state index in [-0.39, 0.29) is 12.5 Å². The summed E-state index contributed by atoms with van der Waals surface area (Å²) < 4.78 is 6.07. The third kappa shape index (κ3) is 3.69. The van der Waals surface area contributed by atoms with Crippen molar-refractivity contribution >= 4 is 27.5 Å². The van der Waals surface area contributed by atoms with E-state index in [1.54, 1.807) is 23.1 Å². The molecule has 1 amide bonds. The Balaban J connectivity index is 1.96. The van der Waals surface area contributed by atoms with Crippen LogP contribution in [0.4, 0.5) is 5.69 Å². The van der Waals surface area contributed by atoms with E-state index in [1.807, 2.05) is 0 Å². The summed E-state index contributed by atoms with van der Waals surface area (Å²) in [6.07, 6.45) is 0.